The van der Waals surface area contributed by atoms with Crippen LogP contribution in [0.15, 0.2) is 30.5 Å². The van der Waals surface area contributed by atoms with Gasteiger partial charge in [0.25, 0.3) is 0 Å². The van der Waals surface area contributed by atoms with E-state index >= 15 is 0 Å². The first kappa shape index (κ1) is 7.95. The maximum absolute atomic E-state index is 14.3. The number of thiophene rings is 1. The molecule has 0 atom stereocenters. The molecular weight excluding hydrogens is 378 g/mol. The number of hydrogen-bond donors (Lipinski definition) is 1. The lowest BCUT2D eigenvalue weighted by Crippen LogP contribution is -2.38. The minimum absolute atomic E-state index is 0.257. The van der Waals surface area contributed by atoms with E-state index in [2.05, 4.69) is 9.97 Å². The number of nitrogens with one attached hydrogen (secondary N) is 1. The van der Waals surface area contributed by atoms with Gasteiger partial charge in [-0.2, -0.15) is 0 Å². The summed E-state index contributed by atoms with van der Waals surface area (Å²) in [5.41, 5.74) is -0.952. The molecule has 2 aromatic heterocycles. The molecule has 0 aliphatic carbocycles. The van der Waals surface area contributed by atoms with Gasteiger partial charge in [0, 0.05) is 48.9 Å². The fraction of sp³-hybridized carbons (Fsp3) is 0.429. The molecule has 0 radical (unpaired) electrons. The second-order valence-electron chi connectivity index (χ2n) is 5.91. The minimum Gasteiger partial charge on any atom is -0.367 e. The molecule has 1 saturated heterocycles. The number of hydrogen-bond acceptors (Lipinski definition) is 5. The van der Waals surface area contributed by atoms with Crippen molar-refractivity contribution in [2.45, 2.75) is 45.0 Å². The highest BCUT2D eigenvalue weighted by molar-refractivity contribution is 7.18. The van der Waals surface area contributed by atoms with Gasteiger partial charge < -0.3 is 5.31 Å². The average molecular weight is 419 g/mol. The number of fused-ring (bicyclic) bond motifs is 1. The van der Waals surface area contributed by atoms with Gasteiger partial charge in [-0.25, -0.2) is 18.7 Å². The Morgan fingerprint density at radius 2 is 2.11 bits per heavy atom. The van der Waals surface area contributed by atoms with Gasteiger partial charge in [-0.05, 0) is 42.4 Å². The Balaban J connectivity index is 1.73. The van der Waals surface area contributed by atoms with Gasteiger partial charge in [0.15, 0.2) is 1.41 Å². The van der Waals surface area contributed by atoms with E-state index in [0.717, 1.165) is 4.90 Å². The Kier molecular flexibility index (Phi) is 2.30. The lowest BCUT2D eigenvalue weighted by Gasteiger charge is -2.32. The molecule has 28 heavy (non-hydrogen) atoms. The number of nitrogens with zero attached hydrogens (tertiary/aromatic N) is 3. The Labute approximate surface area is 190 Å². The Hall–Kier alpha value is -2.12. The molecule has 3 heterocycles. The number of piperidine rings is 1. The summed E-state index contributed by atoms with van der Waals surface area (Å²) in [5, 5.41) is 0.150. The van der Waals surface area contributed by atoms with Gasteiger partial charge in [0.1, 0.15) is 30.0 Å². The van der Waals surface area contributed by atoms with Crippen molar-refractivity contribution in [1.29, 1.82) is 0 Å². The van der Waals surface area contributed by atoms with Gasteiger partial charge >= 0.3 is 0 Å². The first-order chi connectivity index (χ1) is 19.9. The molecule has 1 fully saturated rings. The van der Waals surface area contributed by atoms with Gasteiger partial charge in [0.2, 0.25) is 0 Å². The van der Waals surface area contributed by atoms with Crippen molar-refractivity contribution >= 4 is 27.4 Å². The van der Waals surface area contributed by atoms with Crippen LogP contribution in [-0.2, 0) is 6.50 Å². The summed E-state index contributed by atoms with van der Waals surface area (Å²) in [5.74, 6) is -7.07. The van der Waals surface area contributed by atoms with E-state index in [4.69, 9.17) is 22.0 Å². The molecule has 1 aliphatic rings. The fourth-order valence-corrected chi connectivity index (χ4v) is 3.48. The van der Waals surface area contributed by atoms with E-state index in [0.29, 0.717) is 16.6 Å². The number of aromatic nitrogens is 2. The molecule has 0 spiro atoms. The van der Waals surface area contributed by atoms with Crippen molar-refractivity contribution in [3.63, 3.8) is 0 Å². The lowest BCUT2D eigenvalue weighted by molar-refractivity contribution is 0.211. The number of halogens is 2. The molecule has 0 unspecified atom stereocenters. The third kappa shape index (κ3) is 4.31. The highest BCUT2D eigenvalue weighted by Crippen LogP contribution is 2.33. The molecule has 1 aliphatic heterocycles. The normalized spacial score (nSPS) is 27.4. The molecule has 1 aromatic carbocycles. The summed E-state index contributed by atoms with van der Waals surface area (Å²) in [6.07, 6.45) is -1.41. The van der Waals surface area contributed by atoms with Crippen molar-refractivity contribution in [1.82, 2.24) is 14.9 Å². The summed E-state index contributed by atoms with van der Waals surface area (Å²) in [6.45, 7) is -10.4. The summed E-state index contributed by atoms with van der Waals surface area (Å²) in [4.78, 5) is 7.70. The molecule has 4 nitrogen and oxygen atoms in total. The predicted octanol–water partition coefficient (Wildman–Crippen LogP) is 5.17. The quantitative estimate of drug-likeness (QED) is 0.621. The highest BCUT2D eigenvalue weighted by Gasteiger charge is 2.21. The molecule has 4 rings (SSSR count). The van der Waals surface area contributed by atoms with Crippen molar-refractivity contribution in [3.8, 4) is 0 Å². The van der Waals surface area contributed by atoms with Crippen molar-refractivity contribution in [2.75, 3.05) is 18.4 Å². The number of anilines is 1. The Morgan fingerprint density at radius 3 is 2.82 bits per heavy atom. The average Bonchev–Trinajstić information content (AvgIpc) is 3.24. The van der Waals surface area contributed by atoms with Crippen LogP contribution in [0.4, 0.5) is 14.6 Å². The van der Waals surface area contributed by atoms with Crippen molar-refractivity contribution < 1.29 is 30.8 Å². The third-order valence-electron chi connectivity index (χ3n) is 3.97. The smallest absolute Gasteiger partial charge is 0.162 e. The van der Waals surface area contributed by atoms with Gasteiger partial charge in [-0.1, -0.05) is 13.7 Å². The third-order valence-corrected chi connectivity index (χ3v) is 4.97. The van der Waals surface area contributed by atoms with Crippen LogP contribution in [0.1, 0.15) is 63.4 Å². The zero-order chi connectivity index (χ0) is 33.5. The SMILES string of the molecule is [2H]c1nc(N([2H])C2([2H])CCN(C([2H])([2H])c3c([2H])c(F)c([2H])c(F)c3[2H])CC2)c2c([2H])c(C([2H])(C([2H])([2H])[2H])C([2H])([2H])[2H])sc2n1. The molecular formula is C21H24F2N4S. The van der Waals surface area contributed by atoms with Gasteiger partial charge in [-0.3, -0.25) is 4.90 Å². The molecule has 0 bridgehead atoms. The van der Waals surface area contributed by atoms with Crippen LogP contribution in [-0.4, -0.2) is 34.0 Å². The second kappa shape index (κ2) is 8.09. The van der Waals surface area contributed by atoms with Gasteiger partial charge in [-0.15, -0.1) is 11.3 Å². The predicted molar refractivity (Wildman–Crippen MR) is 110 cm³/mol. The van der Waals surface area contributed by atoms with E-state index in [1.807, 2.05) is 0 Å². The minimum atomic E-state index is -3.43. The second-order valence-corrected chi connectivity index (χ2v) is 6.91. The molecule has 3 aromatic rings. The van der Waals surface area contributed by atoms with Crippen LogP contribution in [0.3, 0.4) is 0 Å². The van der Waals surface area contributed by atoms with Crippen LogP contribution in [0, 0.1) is 11.6 Å². The molecule has 0 amide bonds. The van der Waals surface area contributed by atoms with Crippen LogP contribution in [0.25, 0.3) is 10.2 Å². The molecule has 1 N–H and O–H groups in total. The van der Waals surface area contributed by atoms with Crippen LogP contribution < -0.4 is 5.31 Å². The van der Waals surface area contributed by atoms with Crippen LogP contribution in [0.5, 0.6) is 0 Å². The molecule has 0 saturated carbocycles. The van der Waals surface area contributed by atoms with E-state index < -0.39 is 90.5 Å². The zero-order valence-electron chi connectivity index (χ0n) is 30.3. The summed E-state index contributed by atoms with van der Waals surface area (Å²) in [6, 6.07) is -6.40. The summed E-state index contributed by atoms with van der Waals surface area (Å²) >= 11 is 0.378. The largest absolute Gasteiger partial charge is 0.367 e. The number of likely N-dealkylation sites (tertiary alicyclic amines) is 1. The van der Waals surface area contributed by atoms with Crippen LogP contribution >= 0.6 is 11.3 Å². The number of benzene rings is 1. The summed E-state index contributed by atoms with van der Waals surface area (Å²) < 4.78 is 158. The van der Waals surface area contributed by atoms with E-state index in [9.17, 15) is 8.78 Å². The van der Waals surface area contributed by atoms with Crippen molar-refractivity contribution in [3.05, 3.63) is 52.5 Å². The zero-order valence-corrected chi connectivity index (χ0v) is 15.1. The van der Waals surface area contributed by atoms with E-state index in [1.165, 1.54) is 0 Å². The number of rotatable bonds is 5. The monoisotopic (exact) mass is 418 g/mol. The van der Waals surface area contributed by atoms with Crippen LogP contribution in [0.2, 0.25) is 1.41 Å². The fourth-order valence-electron chi connectivity index (χ4n) is 2.70. The lowest BCUT2D eigenvalue weighted by atomic mass is 10.0. The maximum atomic E-state index is 14.3. The van der Waals surface area contributed by atoms with E-state index in [-0.39, 0.29) is 36.1 Å². The molecule has 7 heteroatoms. The van der Waals surface area contributed by atoms with E-state index in [1.54, 1.807) is 0 Å². The first-order valence-corrected chi connectivity index (χ1v) is 9.01. The Morgan fingerprint density at radius 1 is 1.36 bits per heavy atom. The first-order valence-electron chi connectivity index (χ1n) is 16.1. The standard InChI is InChI=1S/C21H24F2N4S/c1-13(2)19-10-18-20(24-12-25-21(18)28-19)26-17-3-5-27(6-4-17)11-14-7-15(22)9-16(23)8-14/h7-10,12-13,17H,3-6,11H2,1-2H3,(H,24,25,26)/i1D3,2D3,7D,8D,9D,10D,11D2,12D,13D,17D/hD. The van der Waals surface area contributed by atoms with Crippen molar-refractivity contribution in [2.24, 2.45) is 0 Å². The highest BCUT2D eigenvalue weighted by atomic mass is 32.1. The topological polar surface area (TPSA) is 41.1 Å². The van der Waals surface area contributed by atoms with Gasteiger partial charge in [0.05, 0.1) is 12.2 Å². The summed E-state index contributed by atoms with van der Waals surface area (Å²) in [7, 11) is 0. The maximum Gasteiger partial charge on any atom is 0.162 e. The Bertz CT molecular complexity index is 1570. The molecule has 148 valence electrons.